The van der Waals surface area contributed by atoms with Gasteiger partial charge in [0.2, 0.25) is 0 Å². The standard InChI is InChI=1S/C9H8N2O2S/c1-2-13-9(12)7-5-11-4-6(3-10)8(7)14/h4-5H,2H2,1H3,(H,11,14). The highest BCUT2D eigenvalue weighted by atomic mass is 32.1. The average molecular weight is 208 g/mol. The maximum Gasteiger partial charge on any atom is 0.341 e. The van der Waals surface area contributed by atoms with E-state index in [1.165, 1.54) is 12.4 Å². The Hall–Kier alpha value is -1.67. The Labute approximate surface area is 86.1 Å². The van der Waals surface area contributed by atoms with E-state index >= 15 is 0 Å². The molecule has 1 N–H and O–H groups in total. The number of carbonyl (C=O) groups is 1. The zero-order valence-corrected chi connectivity index (χ0v) is 8.35. The van der Waals surface area contributed by atoms with Crippen molar-refractivity contribution in [3.63, 3.8) is 0 Å². The third-order valence-electron chi connectivity index (χ3n) is 1.56. The molecule has 5 heteroatoms. The van der Waals surface area contributed by atoms with E-state index in [1.807, 2.05) is 6.07 Å². The molecule has 0 spiro atoms. The molecule has 0 atom stereocenters. The number of carbonyl (C=O) groups excluding carboxylic acids is 1. The van der Waals surface area contributed by atoms with Crippen LogP contribution in [0, 0.1) is 15.8 Å². The van der Waals surface area contributed by atoms with E-state index in [9.17, 15) is 4.79 Å². The van der Waals surface area contributed by atoms with Crippen LogP contribution in [0.4, 0.5) is 0 Å². The van der Waals surface area contributed by atoms with Crippen molar-refractivity contribution in [2.45, 2.75) is 6.92 Å². The van der Waals surface area contributed by atoms with E-state index in [0.717, 1.165) is 0 Å². The second-order valence-corrected chi connectivity index (χ2v) is 2.85. The van der Waals surface area contributed by atoms with Gasteiger partial charge in [-0.25, -0.2) is 4.79 Å². The van der Waals surface area contributed by atoms with Crippen LogP contribution >= 0.6 is 12.2 Å². The second-order valence-electron chi connectivity index (χ2n) is 2.44. The van der Waals surface area contributed by atoms with Gasteiger partial charge in [-0.15, -0.1) is 0 Å². The molecule has 14 heavy (non-hydrogen) atoms. The zero-order valence-electron chi connectivity index (χ0n) is 7.53. The van der Waals surface area contributed by atoms with Gasteiger partial charge in [-0.05, 0) is 6.92 Å². The van der Waals surface area contributed by atoms with E-state index in [0.29, 0.717) is 0 Å². The minimum Gasteiger partial charge on any atom is -0.462 e. The molecule has 0 aliphatic carbocycles. The molecular formula is C9H8N2O2S. The molecule has 1 aromatic heterocycles. The molecule has 0 amide bonds. The minimum absolute atomic E-state index is 0.223. The van der Waals surface area contributed by atoms with Crippen LogP contribution in [0.3, 0.4) is 0 Å². The van der Waals surface area contributed by atoms with Gasteiger partial charge in [-0.2, -0.15) is 5.26 Å². The molecule has 0 unspecified atom stereocenters. The molecule has 1 heterocycles. The number of nitrogens with zero attached hydrogens (tertiary/aromatic N) is 1. The van der Waals surface area contributed by atoms with E-state index < -0.39 is 5.97 Å². The molecule has 0 aromatic carbocycles. The van der Waals surface area contributed by atoms with Crippen LogP contribution in [0.2, 0.25) is 0 Å². The first kappa shape index (κ1) is 10.4. The number of hydrogen-bond donors (Lipinski definition) is 1. The van der Waals surface area contributed by atoms with Crippen molar-refractivity contribution in [1.29, 1.82) is 5.26 Å². The monoisotopic (exact) mass is 208 g/mol. The van der Waals surface area contributed by atoms with E-state index in [1.54, 1.807) is 6.92 Å². The average Bonchev–Trinajstić information content (AvgIpc) is 2.18. The van der Waals surface area contributed by atoms with E-state index in [-0.39, 0.29) is 22.2 Å². The number of hydrogen-bond acceptors (Lipinski definition) is 4. The Balaban J connectivity index is 3.18. The summed E-state index contributed by atoms with van der Waals surface area (Å²) in [5.41, 5.74) is 0.492. The number of nitriles is 1. The smallest absolute Gasteiger partial charge is 0.341 e. The van der Waals surface area contributed by atoms with Crippen LogP contribution in [0.5, 0.6) is 0 Å². The molecule has 0 bridgehead atoms. The third kappa shape index (κ3) is 1.98. The summed E-state index contributed by atoms with van der Waals surface area (Å²) in [6.45, 7) is 1.99. The predicted molar refractivity (Wildman–Crippen MR) is 52.3 cm³/mol. The fourth-order valence-corrected chi connectivity index (χ4v) is 1.17. The van der Waals surface area contributed by atoms with Crippen molar-refractivity contribution in [2.75, 3.05) is 6.61 Å². The van der Waals surface area contributed by atoms with Gasteiger partial charge in [0.15, 0.2) is 0 Å². The summed E-state index contributed by atoms with van der Waals surface area (Å²) < 4.78 is 5.00. The molecule has 0 saturated carbocycles. The summed E-state index contributed by atoms with van der Waals surface area (Å²) >= 11 is 4.94. The van der Waals surface area contributed by atoms with E-state index in [2.05, 4.69) is 4.98 Å². The first-order chi connectivity index (χ1) is 6.70. The lowest BCUT2D eigenvalue weighted by molar-refractivity contribution is 0.0525. The summed E-state index contributed by atoms with van der Waals surface area (Å²) in [5, 5.41) is 8.67. The van der Waals surface area contributed by atoms with Crippen molar-refractivity contribution in [3.8, 4) is 6.07 Å². The number of nitrogens with one attached hydrogen (secondary N) is 1. The van der Waals surface area contributed by atoms with Crippen molar-refractivity contribution in [1.82, 2.24) is 4.98 Å². The molecule has 0 radical (unpaired) electrons. The Morgan fingerprint density at radius 3 is 3.00 bits per heavy atom. The zero-order chi connectivity index (χ0) is 10.6. The summed E-state index contributed by atoms with van der Waals surface area (Å²) in [7, 11) is 0. The number of pyridine rings is 1. The first-order valence-corrected chi connectivity index (χ1v) is 4.39. The lowest BCUT2D eigenvalue weighted by atomic mass is 10.2. The van der Waals surface area contributed by atoms with E-state index in [4.69, 9.17) is 22.2 Å². The van der Waals surface area contributed by atoms with Crippen LogP contribution in [0.25, 0.3) is 0 Å². The molecule has 4 nitrogen and oxygen atoms in total. The summed E-state index contributed by atoms with van der Waals surface area (Å²) in [5.74, 6) is -0.508. The minimum atomic E-state index is -0.508. The third-order valence-corrected chi connectivity index (χ3v) is 2.00. The maximum absolute atomic E-state index is 11.3. The maximum atomic E-state index is 11.3. The Bertz CT molecular complexity index is 445. The predicted octanol–water partition coefficient (Wildman–Crippen LogP) is 1.79. The quantitative estimate of drug-likeness (QED) is 0.594. The SMILES string of the molecule is CCOC(=O)c1c[nH]cc(C#N)c1=S. The molecule has 0 saturated heterocycles. The Morgan fingerprint density at radius 2 is 2.43 bits per heavy atom. The van der Waals surface area contributed by atoms with Crippen LogP contribution in [0.1, 0.15) is 22.8 Å². The molecule has 0 fully saturated rings. The highest BCUT2D eigenvalue weighted by Gasteiger charge is 2.10. The fraction of sp³-hybridized carbons (Fsp3) is 0.222. The molecule has 1 rings (SSSR count). The van der Waals surface area contributed by atoms with Gasteiger partial charge in [0.25, 0.3) is 0 Å². The number of rotatable bonds is 2. The Morgan fingerprint density at radius 1 is 1.71 bits per heavy atom. The van der Waals surface area contributed by atoms with Gasteiger partial charge in [-0.1, -0.05) is 12.2 Å². The normalized spacial score (nSPS) is 9.14. The summed E-state index contributed by atoms with van der Waals surface area (Å²) in [6, 6.07) is 1.89. The van der Waals surface area contributed by atoms with Gasteiger partial charge in [-0.3, -0.25) is 0 Å². The van der Waals surface area contributed by atoms with Gasteiger partial charge in [0.1, 0.15) is 6.07 Å². The van der Waals surface area contributed by atoms with Crippen molar-refractivity contribution in [2.24, 2.45) is 0 Å². The summed E-state index contributed by atoms with van der Waals surface area (Å²) in [6.07, 6.45) is 2.88. The number of esters is 1. The number of aromatic nitrogens is 1. The molecule has 0 aliphatic rings. The molecular weight excluding hydrogens is 200 g/mol. The van der Waals surface area contributed by atoms with Crippen LogP contribution in [0.15, 0.2) is 12.4 Å². The number of ether oxygens (including phenoxy) is 1. The van der Waals surface area contributed by atoms with Crippen molar-refractivity contribution >= 4 is 18.2 Å². The lowest BCUT2D eigenvalue weighted by Gasteiger charge is -2.01. The number of H-pyrrole nitrogens is 1. The van der Waals surface area contributed by atoms with Crippen LogP contribution in [-0.4, -0.2) is 17.6 Å². The molecule has 0 aliphatic heterocycles. The highest BCUT2D eigenvalue weighted by Crippen LogP contribution is 2.07. The van der Waals surface area contributed by atoms with Crippen LogP contribution in [-0.2, 0) is 4.74 Å². The first-order valence-electron chi connectivity index (χ1n) is 3.99. The largest absolute Gasteiger partial charge is 0.462 e. The highest BCUT2D eigenvalue weighted by molar-refractivity contribution is 7.71. The van der Waals surface area contributed by atoms with Gasteiger partial charge >= 0.3 is 5.97 Å². The summed E-state index contributed by atoms with van der Waals surface area (Å²) in [4.78, 5) is 14.0. The van der Waals surface area contributed by atoms with Crippen molar-refractivity contribution < 1.29 is 9.53 Å². The second kappa shape index (κ2) is 4.53. The fourth-order valence-electron chi connectivity index (χ4n) is 0.928. The van der Waals surface area contributed by atoms with Crippen molar-refractivity contribution in [3.05, 3.63) is 28.0 Å². The van der Waals surface area contributed by atoms with Gasteiger partial charge in [0, 0.05) is 12.4 Å². The molecule has 72 valence electrons. The lowest BCUT2D eigenvalue weighted by Crippen LogP contribution is -2.06. The van der Waals surface area contributed by atoms with Gasteiger partial charge < -0.3 is 9.72 Å². The Kier molecular flexibility index (Phi) is 3.37. The van der Waals surface area contributed by atoms with Crippen LogP contribution < -0.4 is 0 Å². The topological polar surface area (TPSA) is 65.9 Å². The number of aromatic amines is 1. The van der Waals surface area contributed by atoms with Gasteiger partial charge in [0.05, 0.1) is 22.2 Å². The molecule has 1 aromatic rings.